The summed E-state index contributed by atoms with van der Waals surface area (Å²) in [6.07, 6.45) is 0. The standard InChI is InChI=1S/C18H21N3O3S2/c1-13-10-14-6-4-5-7-16(14)21(13)12-17(22)19-11-15-8-9-18(25-15)26(23,24)20(2)3/h4-10H,11-12H2,1-3H3,(H,19,22). The molecular weight excluding hydrogens is 370 g/mol. The molecule has 0 bridgehead atoms. The summed E-state index contributed by atoms with van der Waals surface area (Å²) in [5.41, 5.74) is 2.05. The minimum Gasteiger partial charge on any atom is -0.350 e. The number of benzene rings is 1. The molecule has 138 valence electrons. The molecule has 0 fully saturated rings. The lowest BCUT2D eigenvalue weighted by atomic mass is 10.2. The van der Waals surface area contributed by atoms with Gasteiger partial charge in [0.15, 0.2) is 0 Å². The number of hydrogen-bond donors (Lipinski definition) is 1. The molecule has 0 unspecified atom stereocenters. The fraction of sp³-hybridized carbons (Fsp3) is 0.278. The first-order chi connectivity index (χ1) is 12.3. The third-order valence-electron chi connectivity index (χ3n) is 4.15. The van der Waals surface area contributed by atoms with E-state index >= 15 is 0 Å². The van der Waals surface area contributed by atoms with Crippen molar-refractivity contribution < 1.29 is 13.2 Å². The summed E-state index contributed by atoms with van der Waals surface area (Å²) in [5, 5.41) is 3.97. The van der Waals surface area contributed by atoms with Crippen LogP contribution in [0.25, 0.3) is 10.9 Å². The third-order valence-corrected chi connectivity index (χ3v) is 7.52. The summed E-state index contributed by atoms with van der Waals surface area (Å²) in [6.45, 7) is 2.52. The van der Waals surface area contributed by atoms with Crippen molar-refractivity contribution >= 4 is 38.2 Å². The van der Waals surface area contributed by atoms with Crippen LogP contribution >= 0.6 is 11.3 Å². The SMILES string of the molecule is Cc1cc2ccccc2n1CC(=O)NCc1ccc(S(=O)(=O)N(C)C)s1. The van der Waals surface area contributed by atoms with Crippen LogP contribution in [0.15, 0.2) is 46.7 Å². The Labute approximate surface area is 157 Å². The third kappa shape index (κ3) is 3.67. The van der Waals surface area contributed by atoms with Crippen molar-refractivity contribution in [3.63, 3.8) is 0 Å². The molecule has 3 rings (SSSR count). The average molecular weight is 392 g/mol. The van der Waals surface area contributed by atoms with Crippen molar-refractivity contribution in [1.82, 2.24) is 14.2 Å². The van der Waals surface area contributed by atoms with Crippen LogP contribution in [-0.4, -0.2) is 37.3 Å². The highest BCUT2D eigenvalue weighted by Gasteiger charge is 2.19. The minimum absolute atomic E-state index is 0.111. The zero-order chi connectivity index (χ0) is 18.9. The highest BCUT2D eigenvalue weighted by atomic mass is 32.2. The minimum atomic E-state index is -3.43. The van der Waals surface area contributed by atoms with Gasteiger partial charge in [-0.1, -0.05) is 18.2 Å². The van der Waals surface area contributed by atoms with E-state index in [1.165, 1.54) is 29.7 Å². The summed E-state index contributed by atoms with van der Waals surface area (Å²) in [7, 11) is -0.430. The van der Waals surface area contributed by atoms with Gasteiger partial charge in [0.25, 0.3) is 10.0 Å². The second-order valence-corrected chi connectivity index (χ2v) is 9.76. The first kappa shape index (κ1) is 18.6. The van der Waals surface area contributed by atoms with Gasteiger partial charge in [-0.2, -0.15) is 0 Å². The maximum absolute atomic E-state index is 12.3. The van der Waals surface area contributed by atoms with E-state index in [2.05, 4.69) is 11.4 Å². The molecule has 8 heteroatoms. The van der Waals surface area contributed by atoms with Crippen molar-refractivity contribution in [2.75, 3.05) is 14.1 Å². The van der Waals surface area contributed by atoms with E-state index in [-0.39, 0.29) is 16.7 Å². The van der Waals surface area contributed by atoms with Gasteiger partial charge in [-0.05, 0) is 36.6 Å². The number of thiophene rings is 1. The van der Waals surface area contributed by atoms with Gasteiger partial charge in [-0.25, -0.2) is 12.7 Å². The van der Waals surface area contributed by atoms with Gasteiger partial charge >= 0.3 is 0 Å². The molecule has 0 spiro atoms. The predicted molar refractivity (Wildman–Crippen MR) is 104 cm³/mol. The second-order valence-electron chi connectivity index (χ2n) is 6.22. The van der Waals surface area contributed by atoms with Crippen molar-refractivity contribution in [3.05, 3.63) is 53.0 Å². The Kier molecular flexibility index (Phi) is 5.17. The summed E-state index contributed by atoms with van der Waals surface area (Å²) < 4.78 is 27.6. The lowest BCUT2D eigenvalue weighted by Crippen LogP contribution is -2.27. The van der Waals surface area contributed by atoms with E-state index in [0.29, 0.717) is 6.54 Å². The van der Waals surface area contributed by atoms with Crippen molar-refractivity contribution in [3.8, 4) is 0 Å². The smallest absolute Gasteiger partial charge is 0.252 e. The van der Waals surface area contributed by atoms with Crippen LogP contribution in [0.2, 0.25) is 0 Å². The van der Waals surface area contributed by atoms with Crippen LogP contribution in [0.4, 0.5) is 0 Å². The summed E-state index contributed by atoms with van der Waals surface area (Å²) >= 11 is 1.17. The van der Waals surface area contributed by atoms with Crippen molar-refractivity contribution in [2.24, 2.45) is 0 Å². The van der Waals surface area contributed by atoms with Crippen LogP contribution in [0.5, 0.6) is 0 Å². The van der Waals surface area contributed by atoms with Gasteiger partial charge in [0.05, 0.1) is 6.54 Å². The first-order valence-electron chi connectivity index (χ1n) is 8.12. The Hall–Kier alpha value is -2.16. The molecule has 0 aliphatic heterocycles. The molecule has 2 heterocycles. The number of aromatic nitrogens is 1. The number of hydrogen-bond acceptors (Lipinski definition) is 4. The summed E-state index contributed by atoms with van der Waals surface area (Å²) in [5.74, 6) is -0.111. The van der Waals surface area contributed by atoms with Crippen LogP contribution < -0.4 is 5.32 Å². The lowest BCUT2D eigenvalue weighted by molar-refractivity contribution is -0.121. The fourth-order valence-electron chi connectivity index (χ4n) is 2.72. The van der Waals surface area contributed by atoms with Crippen LogP contribution in [0.1, 0.15) is 10.6 Å². The molecule has 0 aliphatic rings. The van der Waals surface area contributed by atoms with E-state index < -0.39 is 10.0 Å². The normalized spacial score (nSPS) is 12.0. The number of carbonyl (C=O) groups excluding carboxylic acids is 1. The van der Waals surface area contributed by atoms with Gasteiger partial charge < -0.3 is 9.88 Å². The number of sulfonamides is 1. The molecule has 0 aliphatic carbocycles. The number of nitrogens with one attached hydrogen (secondary N) is 1. The highest BCUT2D eigenvalue weighted by Crippen LogP contribution is 2.23. The largest absolute Gasteiger partial charge is 0.350 e. The maximum atomic E-state index is 12.3. The Morgan fingerprint density at radius 3 is 2.65 bits per heavy atom. The predicted octanol–water partition coefficient (Wildman–Crippen LogP) is 2.58. The number of para-hydroxylation sites is 1. The first-order valence-corrected chi connectivity index (χ1v) is 10.4. The zero-order valence-corrected chi connectivity index (χ0v) is 16.5. The molecule has 3 aromatic rings. The maximum Gasteiger partial charge on any atom is 0.252 e. The fourth-order valence-corrected chi connectivity index (χ4v) is 5.18. The molecule has 26 heavy (non-hydrogen) atoms. The molecule has 2 aromatic heterocycles. The summed E-state index contributed by atoms with van der Waals surface area (Å²) in [4.78, 5) is 13.1. The number of amides is 1. The number of aryl methyl sites for hydroxylation is 1. The van der Waals surface area contributed by atoms with Crippen LogP contribution in [0, 0.1) is 6.92 Å². The molecule has 1 amide bonds. The van der Waals surface area contributed by atoms with Crippen molar-refractivity contribution in [1.29, 1.82) is 0 Å². The van der Waals surface area contributed by atoms with E-state index in [4.69, 9.17) is 0 Å². The van der Waals surface area contributed by atoms with E-state index in [1.807, 2.05) is 35.8 Å². The topological polar surface area (TPSA) is 71.4 Å². The van der Waals surface area contributed by atoms with Gasteiger partial charge in [-0.3, -0.25) is 4.79 Å². The highest BCUT2D eigenvalue weighted by molar-refractivity contribution is 7.91. The molecule has 0 saturated heterocycles. The monoisotopic (exact) mass is 391 g/mol. The van der Waals surface area contributed by atoms with E-state index in [0.717, 1.165) is 21.5 Å². The van der Waals surface area contributed by atoms with Crippen molar-refractivity contribution in [2.45, 2.75) is 24.2 Å². The Balaban J connectivity index is 1.66. The van der Waals surface area contributed by atoms with Gasteiger partial charge in [0.2, 0.25) is 5.91 Å². The van der Waals surface area contributed by atoms with Gasteiger partial charge in [-0.15, -0.1) is 11.3 Å². The Bertz CT molecular complexity index is 1050. The molecule has 0 radical (unpaired) electrons. The van der Waals surface area contributed by atoms with Gasteiger partial charge in [0.1, 0.15) is 10.8 Å². The lowest BCUT2D eigenvalue weighted by Gasteiger charge is -2.09. The zero-order valence-electron chi connectivity index (χ0n) is 14.9. The van der Waals surface area contributed by atoms with E-state index in [9.17, 15) is 13.2 Å². The Morgan fingerprint density at radius 2 is 1.92 bits per heavy atom. The number of nitrogens with zero attached hydrogens (tertiary/aromatic N) is 2. The molecule has 0 atom stereocenters. The molecule has 6 nitrogen and oxygen atoms in total. The Morgan fingerprint density at radius 1 is 1.19 bits per heavy atom. The molecule has 1 aromatic carbocycles. The quantitative estimate of drug-likeness (QED) is 0.702. The molecule has 0 saturated carbocycles. The van der Waals surface area contributed by atoms with Gasteiger partial charge in [0, 0.05) is 30.2 Å². The number of fused-ring (bicyclic) bond motifs is 1. The molecular formula is C18H21N3O3S2. The number of rotatable bonds is 6. The average Bonchev–Trinajstić information content (AvgIpc) is 3.19. The number of carbonyl (C=O) groups is 1. The summed E-state index contributed by atoms with van der Waals surface area (Å²) in [6, 6.07) is 13.3. The van der Waals surface area contributed by atoms with Crippen LogP contribution in [-0.2, 0) is 27.9 Å². The molecule has 1 N–H and O–H groups in total. The van der Waals surface area contributed by atoms with Crippen LogP contribution in [0.3, 0.4) is 0 Å². The second kappa shape index (κ2) is 7.22. The van der Waals surface area contributed by atoms with E-state index in [1.54, 1.807) is 12.1 Å².